The predicted octanol–water partition coefficient (Wildman–Crippen LogP) is 2.90. The Morgan fingerprint density at radius 3 is 1.96 bits per heavy atom. The number of alkyl halides is 1. The van der Waals surface area contributed by atoms with Crippen LogP contribution >= 0.6 is 22.6 Å². The molecule has 7 heteroatoms. The first kappa shape index (κ1) is 20.6. The summed E-state index contributed by atoms with van der Waals surface area (Å²) in [6.45, 7) is 10.9. The highest BCUT2D eigenvalue weighted by Crippen LogP contribution is 2.40. The Bertz CT molecular complexity index is 438. The zero-order valence-electron chi connectivity index (χ0n) is 14.8. The maximum absolute atomic E-state index is 12.3. The SMILES string of the molecule is CC(C)(I)C(=O)OCCOC(=O)C1CC(C)(C)N([O])C(C)(C)C1. The third kappa shape index (κ3) is 5.56. The Labute approximate surface area is 152 Å². The molecule has 0 saturated carbocycles. The Balaban J connectivity index is 2.48. The first-order chi connectivity index (χ1) is 10.3. The number of piperidine rings is 1. The van der Waals surface area contributed by atoms with Gasteiger partial charge in [-0.2, -0.15) is 0 Å². The molecule has 0 aliphatic carbocycles. The van der Waals surface area contributed by atoms with E-state index in [9.17, 15) is 14.8 Å². The van der Waals surface area contributed by atoms with E-state index in [2.05, 4.69) is 0 Å². The summed E-state index contributed by atoms with van der Waals surface area (Å²) in [7, 11) is 0. The molecule has 133 valence electrons. The molecule has 1 heterocycles. The molecular weight excluding hydrogens is 413 g/mol. The number of hydroxylamine groups is 2. The Kier molecular flexibility index (Phi) is 6.48. The van der Waals surface area contributed by atoms with Crippen LogP contribution in [0, 0.1) is 5.92 Å². The maximum Gasteiger partial charge on any atom is 0.321 e. The van der Waals surface area contributed by atoms with Crippen molar-refractivity contribution in [1.29, 1.82) is 0 Å². The van der Waals surface area contributed by atoms with E-state index in [-0.39, 0.29) is 31.1 Å². The number of esters is 2. The van der Waals surface area contributed by atoms with Crippen LogP contribution in [0.3, 0.4) is 0 Å². The molecule has 0 bridgehead atoms. The van der Waals surface area contributed by atoms with Crippen LogP contribution in [0.25, 0.3) is 0 Å². The summed E-state index contributed by atoms with van der Waals surface area (Å²) in [5, 5.41) is 13.3. The third-order valence-corrected chi connectivity index (χ3v) is 4.41. The molecule has 23 heavy (non-hydrogen) atoms. The molecule has 1 saturated heterocycles. The molecule has 6 nitrogen and oxygen atoms in total. The summed E-state index contributed by atoms with van der Waals surface area (Å²) in [5.74, 6) is -0.984. The largest absolute Gasteiger partial charge is 0.462 e. The van der Waals surface area contributed by atoms with Gasteiger partial charge in [-0.25, -0.2) is 0 Å². The summed E-state index contributed by atoms with van der Waals surface area (Å²) in [6.07, 6.45) is 0.915. The van der Waals surface area contributed by atoms with Gasteiger partial charge in [0.2, 0.25) is 0 Å². The van der Waals surface area contributed by atoms with Gasteiger partial charge < -0.3 is 9.47 Å². The number of hydrogen-bond acceptors (Lipinski definition) is 5. The van der Waals surface area contributed by atoms with E-state index in [1.165, 1.54) is 0 Å². The van der Waals surface area contributed by atoms with Crippen molar-refractivity contribution in [3.05, 3.63) is 0 Å². The normalized spacial score (nSPS) is 21.7. The molecule has 0 amide bonds. The minimum Gasteiger partial charge on any atom is -0.462 e. The highest BCUT2D eigenvalue weighted by atomic mass is 127. The van der Waals surface area contributed by atoms with Crippen LogP contribution in [0.1, 0.15) is 54.4 Å². The van der Waals surface area contributed by atoms with E-state index in [0.717, 1.165) is 5.06 Å². The van der Waals surface area contributed by atoms with Crippen molar-refractivity contribution in [3.8, 4) is 0 Å². The molecule has 0 aromatic heterocycles. The van der Waals surface area contributed by atoms with Crippen molar-refractivity contribution < 1.29 is 24.3 Å². The average Bonchev–Trinajstić information content (AvgIpc) is 2.38. The number of halogens is 1. The van der Waals surface area contributed by atoms with Gasteiger partial charge >= 0.3 is 11.9 Å². The van der Waals surface area contributed by atoms with Crippen LogP contribution in [0.2, 0.25) is 0 Å². The highest BCUT2D eigenvalue weighted by molar-refractivity contribution is 14.1. The minimum atomic E-state index is -0.608. The van der Waals surface area contributed by atoms with E-state index in [4.69, 9.17) is 9.47 Å². The number of carbonyl (C=O) groups excluding carboxylic acids is 2. The lowest BCUT2D eigenvalue weighted by Gasteiger charge is -2.49. The number of nitrogens with zero attached hydrogens (tertiary/aromatic N) is 1. The Morgan fingerprint density at radius 1 is 1.09 bits per heavy atom. The van der Waals surface area contributed by atoms with Gasteiger partial charge in [0, 0.05) is 11.1 Å². The van der Waals surface area contributed by atoms with Gasteiger partial charge in [-0.3, -0.25) is 9.59 Å². The topological polar surface area (TPSA) is 75.7 Å². The van der Waals surface area contributed by atoms with E-state index in [1.807, 2.05) is 50.3 Å². The summed E-state index contributed by atoms with van der Waals surface area (Å²) in [5.41, 5.74) is -1.22. The summed E-state index contributed by atoms with van der Waals surface area (Å²) in [4.78, 5) is 23.8. The molecule has 1 radical (unpaired) electrons. The predicted molar refractivity (Wildman–Crippen MR) is 93.4 cm³/mol. The molecule has 0 aromatic rings. The van der Waals surface area contributed by atoms with Crippen molar-refractivity contribution in [3.63, 3.8) is 0 Å². The zero-order chi connectivity index (χ0) is 18.1. The van der Waals surface area contributed by atoms with Gasteiger partial charge in [0.1, 0.15) is 16.6 Å². The number of rotatable bonds is 5. The second kappa shape index (κ2) is 7.23. The summed E-state index contributed by atoms with van der Waals surface area (Å²) in [6, 6.07) is 0. The van der Waals surface area contributed by atoms with Crippen LogP contribution < -0.4 is 0 Å². The van der Waals surface area contributed by atoms with Gasteiger partial charge in [0.25, 0.3) is 0 Å². The van der Waals surface area contributed by atoms with Gasteiger partial charge in [0.05, 0.1) is 5.92 Å². The molecule has 1 fully saturated rings. The lowest BCUT2D eigenvalue weighted by molar-refractivity contribution is -0.293. The number of hydrogen-bond donors (Lipinski definition) is 0. The van der Waals surface area contributed by atoms with Crippen molar-refractivity contribution in [2.45, 2.75) is 68.9 Å². The quantitative estimate of drug-likeness (QED) is 0.285. The van der Waals surface area contributed by atoms with E-state index in [1.54, 1.807) is 13.8 Å². The highest BCUT2D eigenvalue weighted by Gasteiger charge is 2.48. The van der Waals surface area contributed by atoms with Crippen LogP contribution in [0.15, 0.2) is 0 Å². The van der Waals surface area contributed by atoms with Crippen molar-refractivity contribution in [2.24, 2.45) is 5.92 Å². The van der Waals surface area contributed by atoms with Gasteiger partial charge in [-0.1, -0.05) is 22.6 Å². The van der Waals surface area contributed by atoms with E-state index >= 15 is 0 Å². The first-order valence-electron chi connectivity index (χ1n) is 7.77. The lowest BCUT2D eigenvalue weighted by atomic mass is 9.75. The molecule has 1 rings (SSSR count). The maximum atomic E-state index is 12.3. The van der Waals surface area contributed by atoms with Crippen molar-refractivity contribution in [1.82, 2.24) is 5.06 Å². The molecule has 0 aromatic carbocycles. The monoisotopic (exact) mass is 440 g/mol. The Hall–Kier alpha value is -0.410. The summed E-state index contributed by atoms with van der Waals surface area (Å²) >= 11 is 2.00. The van der Waals surface area contributed by atoms with Gasteiger partial charge in [-0.05, 0) is 54.4 Å². The molecular formula is C16H27INO5. The second-order valence-electron chi connectivity index (χ2n) is 7.80. The fourth-order valence-corrected chi connectivity index (χ4v) is 3.15. The van der Waals surface area contributed by atoms with Crippen LogP contribution in [0.4, 0.5) is 0 Å². The average molecular weight is 440 g/mol. The van der Waals surface area contributed by atoms with Gasteiger partial charge in [0.15, 0.2) is 0 Å². The smallest absolute Gasteiger partial charge is 0.321 e. The number of ether oxygens (including phenoxy) is 2. The standard InChI is InChI=1S/C16H27INO5/c1-14(2)9-11(10-15(3,4)18(14)21)12(19)22-7-8-23-13(20)16(5,6)17/h11H,7-10H2,1-6H3. The first-order valence-corrected chi connectivity index (χ1v) is 8.85. The van der Waals surface area contributed by atoms with Crippen molar-refractivity contribution in [2.75, 3.05) is 13.2 Å². The molecule has 1 aliphatic heterocycles. The van der Waals surface area contributed by atoms with Crippen LogP contribution in [-0.4, -0.2) is 44.7 Å². The lowest BCUT2D eigenvalue weighted by Crippen LogP contribution is -2.59. The van der Waals surface area contributed by atoms with Crippen molar-refractivity contribution >= 4 is 34.5 Å². The van der Waals surface area contributed by atoms with Gasteiger partial charge in [-0.15, -0.1) is 10.3 Å². The number of carbonyl (C=O) groups is 2. The van der Waals surface area contributed by atoms with Crippen LogP contribution in [-0.2, 0) is 24.3 Å². The minimum absolute atomic E-state index is 0.0374. The van der Waals surface area contributed by atoms with Crippen LogP contribution in [0.5, 0.6) is 0 Å². The Morgan fingerprint density at radius 2 is 1.52 bits per heavy atom. The molecule has 0 spiro atoms. The molecule has 0 atom stereocenters. The van der Waals surface area contributed by atoms with E-state index < -0.39 is 14.5 Å². The zero-order valence-corrected chi connectivity index (χ0v) is 16.9. The molecule has 0 unspecified atom stereocenters. The molecule has 0 N–H and O–H groups in total. The second-order valence-corrected chi connectivity index (χ2v) is 10.5. The third-order valence-electron chi connectivity index (χ3n) is 3.97. The summed E-state index contributed by atoms with van der Waals surface area (Å²) < 4.78 is 9.69. The fraction of sp³-hybridized carbons (Fsp3) is 0.875. The fourth-order valence-electron chi connectivity index (χ4n) is 3.00. The molecule has 1 aliphatic rings. The van der Waals surface area contributed by atoms with E-state index in [0.29, 0.717) is 12.8 Å².